The first-order valence-electron chi connectivity index (χ1n) is 18.1. The Balaban J connectivity index is 1.58. The van der Waals surface area contributed by atoms with Gasteiger partial charge >= 0.3 is 23.9 Å². The van der Waals surface area contributed by atoms with Crippen LogP contribution >= 0.6 is 0 Å². The minimum atomic E-state index is -2.29. The van der Waals surface area contributed by atoms with E-state index >= 15 is 4.79 Å². The second kappa shape index (κ2) is 14.0. The Morgan fingerprint density at radius 3 is 2.07 bits per heavy atom. The quantitative estimate of drug-likeness (QED) is 0.203. The number of carbonyl (C=O) groups excluding carboxylic acids is 5. The highest BCUT2D eigenvalue weighted by Crippen LogP contribution is 2.64. The van der Waals surface area contributed by atoms with Crippen LogP contribution in [0.5, 0.6) is 0 Å². The molecule has 2 saturated carbocycles. The first-order chi connectivity index (χ1) is 25.3. The summed E-state index contributed by atoms with van der Waals surface area (Å²) in [5.41, 5.74) is -6.46. The van der Waals surface area contributed by atoms with Gasteiger partial charge in [0.25, 0.3) is 0 Å². The lowest BCUT2D eigenvalue weighted by Gasteiger charge is -2.67. The fourth-order valence-electron chi connectivity index (χ4n) is 9.37. The van der Waals surface area contributed by atoms with E-state index in [1.807, 2.05) is 0 Å². The monoisotopic (exact) mass is 748 g/mol. The predicted octanol–water partition coefficient (Wildman–Crippen LogP) is 3.37. The number of Topliss-reactive ketones (excluding diaryl/α,β-unsaturated/α-hetero) is 1. The molecule has 2 aromatic rings. The molecule has 1 saturated heterocycles. The zero-order valence-corrected chi connectivity index (χ0v) is 31.4. The van der Waals surface area contributed by atoms with Gasteiger partial charge in [-0.2, -0.15) is 0 Å². The number of ether oxygens (including phenoxy) is 5. The van der Waals surface area contributed by atoms with Gasteiger partial charge in [0, 0.05) is 38.0 Å². The van der Waals surface area contributed by atoms with Gasteiger partial charge in [0.2, 0.25) is 0 Å². The molecule has 11 atom stereocenters. The number of hydrogen-bond acceptors (Lipinski definition) is 13. The topological polar surface area (TPSA) is 192 Å². The van der Waals surface area contributed by atoms with Crippen LogP contribution in [0.15, 0.2) is 71.8 Å². The number of benzene rings is 2. The van der Waals surface area contributed by atoms with Gasteiger partial charge in [-0.1, -0.05) is 69.3 Å². The number of aliphatic hydroxyl groups is 3. The minimum absolute atomic E-state index is 0.0704. The van der Waals surface area contributed by atoms with Gasteiger partial charge in [-0.25, -0.2) is 9.59 Å². The molecule has 3 aliphatic carbocycles. The van der Waals surface area contributed by atoms with Crippen molar-refractivity contribution in [2.75, 3.05) is 6.61 Å². The van der Waals surface area contributed by atoms with Crippen LogP contribution in [-0.2, 0) is 42.9 Å². The van der Waals surface area contributed by atoms with E-state index in [4.69, 9.17) is 23.7 Å². The molecular weight excluding hydrogens is 700 g/mol. The van der Waals surface area contributed by atoms with E-state index in [0.29, 0.717) is 5.56 Å². The Bertz CT molecular complexity index is 1860. The molecule has 13 heteroatoms. The van der Waals surface area contributed by atoms with Gasteiger partial charge in [-0.3, -0.25) is 14.4 Å². The van der Waals surface area contributed by atoms with Crippen LogP contribution in [0.25, 0.3) is 0 Å². The number of ketones is 1. The molecule has 3 N–H and O–H groups in total. The van der Waals surface area contributed by atoms with Crippen molar-refractivity contribution in [1.82, 2.24) is 0 Å². The molecule has 3 fully saturated rings. The molecule has 6 rings (SSSR count). The molecule has 290 valence electrons. The third-order valence-corrected chi connectivity index (χ3v) is 12.5. The fourth-order valence-corrected chi connectivity index (χ4v) is 9.37. The highest BCUT2D eigenvalue weighted by molar-refractivity contribution is 5.95. The molecule has 2 aromatic carbocycles. The Morgan fingerprint density at radius 2 is 1.52 bits per heavy atom. The zero-order valence-electron chi connectivity index (χ0n) is 31.4. The normalized spacial score (nSPS) is 35.0. The average molecular weight is 749 g/mol. The second-order valence-electron chi connectivity index (χ2n) is 15.8. The maximum atomic E-state index is 15.3. The van der Waals surface area contributed by atoms with Crippen LogP contribution in [0.3, 0.4) is 0 Å². The number of carbonyl (C=O) groups is 5. The summed E-state index contributed by atoms with van der Waals surface area (Å²) in [5, 5.41) is 36.6. The number of hydrogen-bond donors (Lipinski definition) is 3. The summed E-state index contributed by atoms with van der Waals surface area (Å²) < 4.78 is 30.0. The van der Waals surface area contributed by atoms with Gasteiger partial charge in [0.1, 0.15) is 23.9 Å². The van der Waals surface area contributed by atoms with Crippen molar-refractivity contribution in [1.29, 1.82) is 0 Å². The van der Waals surface area contributed by atoms with Crippen molar-refractivity contribution < 1.29 is 63.0 Å². The van der Waals surface area contributed by atoms with Gasteiger partial charge in [0.05, 0.1) is 29.6 Å². The summed E-state index contributed by atoms with van der Waals surface area (Å²) in [6, 6.07) is 16.8. The highest BCUT2D eigenvalue weighted by Gasteiger charge is 2.78. The van der Waals surface area contributed by atoms with Crippen LogP contribution in [0.1, 0.15) is 83.1 Å². The molecule has 54 heavy (non-hydrogen) atoms. The molecule has 1 heterocycles. The molecular formula is C41H48O13. The molecule has 0 amide bonds. The summed E-state index contributed by atoms with van der Waals surface area (Å²) >= 11 is 0. The SMILES string of the molecule is CC(=O)O[C@H]1C(=O)[C@@]2(C)[C@H]([C@H](OC(=O)c3ccccc3)[C@]3(O)CC(OC(=O)[C@H](O)[C@@H](C)c4ccccc4)C(C)=C1C3(C)C)[C@]1(OC(C)=O)CO[C@@H]1C[C@@H]2O. The fraction of sp³-hybridized carbons (Fsp3) is 0.537. The molecule has 0 spiro atoms. The number of aliphatic hydroxyl groups excluding tert-OH is 2. The third kappa shape index (κ3) is 6.05. The Kier molecular flexibility index (Phi) is 10.2. The van der Waals surface area contributed by atoms with Crippen molar-refractivity contribution in [2.24, 2.45) is 16.7 Å². The van der Waals surface area contributed by atoms with E-state index in [-0.39, 0.29) is 29.7 Å². The molecule has 0 radical (unpaired) electrons. The van der Waals surface area contributed by atoms with Gasteiger partial charge in [-0.15, -0.1) is 0 Å². The summed E-state index contributed by atoms with van der Waals surface area (Å²) in [6.45, 7) is 9.86. The maximum absolute atomic E-state index is 15.3. The molecule has 2 bridgehead atoms. The van der Waals surface area contributed by atoms with Crippen LogP contribution in [-0.4, -0.2) is 99.4 Å². The summed E-state index contributed by atoms with van der Waals surface area (Å²) in [6.07, 6.45) is -9.57. The van der Waals surface area contributed by atoms with Crippen LogP contribution in [0.4, 0.5) is 0 Å². The molecule has 13 nitrogen and oxygen atoms in total. The molecule has 0 aromatic heterocycles. The van der Waals surface area contributed by atoms with Crippen molar-refractivity contribution in [2.45, 2.75) is 115 Å². The van der Waals surface area contributed by atoms with E-state index in [0.717, 1.165) is 6.92 Å². The third-order valence-electron chi connectivity index (χ3n) is 12.5. The maximum Gasteiger partial charge on any atom is 0.338 e. The van der Waals surface area contributed by atoms with Crippen molar-refractivity contribution in [3.05, 3.63) is 82.9 Å². The largest absolute Gasteiger partial charge is 0.456 e. The minimum Gasteiger partial charge on any atom is -0.456 e. The van der Waals surface area contributed by atoms with Crippen molar-refractivity contribution in [3.8, 4) is 0 Å². The van der Waals surface area contributed by atoms with Crippen LogP contribution in [0, 0.1) is 16.7 Å². The van der Waals surface area contributed by atoms with Crippen molar-refractivity contribution >= 4 is 29.7 Å². The summed E-state index contributed by atoms with van der Waals surface area (Å²) in [7, 11) is 0. The van der Waals surface area contributed by atoms with Gasteiger partial charge < -0.3 is 39.0 Å². The number of fused-ring (bicyclic) bond motifs is 5. The van der Waals surface area contributed by atoms with Gasteiger partial charge in [0.15, 0.2) is 23.6 Å². The zero-order chi connectivity index (χ0) is 39.5. The second-order valence-corrected chi connectivity index (χ2v) is 15.8. The summed E-state index contributed by atoms with van der Waals surface area (Å²) in [4.78, 5) is 68.9. The van der Waals surface area contributed by atoms with E-state index in [1.165, 1.54) is 26.0 Å². The van der Waals surface area contributed by atoms with Crippen LogP contribution in [0.2, 0.25) is 0 Å². The smallest absolute Gasteiger partial charge is 0.338 e. The predicted molar refractivity (Wildman–Crippen MR) is 189 cm³/mol. The Hall–Kier alpha value is -4.43. The number of rotatable bonds is 8. The lowest BCUT2D eigenvalue weighted by Crippen LogP contribution is -2.82. The first-order valence-corrected chi connectivity index (χ1v) is 18.1. The van der Waals surface area contributed by atoms with Crippen molar-refractivity contribution in [3.63, 3.8) is 0 Å². The lowest BCUT2D eigenvalue weighted by atomic mass is 9.44. The van der Waals surface area contributed by atoms with E-state index in [1.54, 1.807) is 76.2 Å². The summed E-state index contributed by atoms with van der Waals surface area (Å²) in [5.74, 6) is -6.50. The van der Waals surface area contributed by atoms with E-state index in [2.05, 4.69) is 0 Å². The van der Waals surface area contributed by atoms with Crippen LogP contribution < -0.4 is 0 Å². The van der Waals surface area contributed by atoms with E-state index < -0.39 is 107 Å². The lowest BCUT2D eigenvalue weighted by molar-refractivity contribution is -0.346. The Labute approximate surface area is 313 Å². The highest BCUT2D eigenvalue weighted by atomic mass is 16.6. The Morgan fingerprint density at radius 1 is 0.907 bits per heavy atom. The van der Waals surface area contributed by atoms with E-state index in [9.17, 15) is 34.5 Å². The van der Waals surface area contributed by atoms with Gasteiger partial charge in [-0.05, 0) is 42.7 Å². The molecule has 1 aliphatic heterocycles. The molecule has 1 unspecified atom stereocenters. The first kappa shape index (κ1) is 39.3. The molecule has 4 aliphatic rings. The standard InChI is InChI=1S/C41H48O13/c1-21(25-14-10-8-11-15-25)31(45)37(48)52-27-19-41(49)35(53-36(47)26-16-12-9-13-17-26)33-39(7,28(44)18-29-40(33,20-50-29)54-24(4)43)34(46)32(51-23(3)42)30(22(27)2)38(41,5)6/h8-17,21,27-29,31-33,35,44-45,49H,18-20H2,1-7H3/t21-,27?,28-,29+,31+,32+,33-,35-,39+,40-,41+/m0/s1. The average Bonchev–Trinajstić information content (AvgIpc) is 3.12. The number of esters is 4.